The van der Waals surface area contributed by atoms with E-state index in [4.69, 9.17) is 28.3 Å². The molecule has 0 aliphatic carbocycles. The fraction of sp³-hybridized carbons (Fsp3) is 0.158. The highest BCUT2D eigenvalue weighted by atomic mass is 28.4. The number of nitrogens with zero attached hydrogens (tertiary/aromatic N) is 2. The quantitative estimate of drug-likeness (QED) is 0.190. The molecule has 5 aromatic carbocycles. The zero-order valence-electron chi connectivity index (χ0n) is 25.8. The Balaban J connectivity index is 1.64. The van der Waals surface area contributed by atoms with E-state index in [0.717, 1.165) is 38.9 Å². The molecule has 0 bridgehead atoms. The van der Waals surface area contributed by atoms with Gasteiger partial charge in [0.1, 0.15) is 23.0 Å². The average molecular weight is 613 g/mol. The smallest absolute Gasteiger partial charge is 0.495 e. The lowest BCUT2D eigenvalue weighted by molar-refractivity contribution is 0.385. The fourth-order valence-electron chi connectivity index (χ4n) is 5.53. The molecule has 1 heterocycles. The van der Waals surface area contributed by atoms with Gasteiger partial charge >= 0.3 is 8.56 Å². The van der Waals surface area contributed by atoms with Gasteiger partial charge in [-0.15, -0.1) is 0 Å². The molecule has 1 aliphatic rings. The van der Waals surface area contributed by atoms with Crippen molar-refractivity contribution in [3.8, 4) is 23.0 Å². The molecule has 6 nitrogen and oxygen atoms in total. The molecule has 0 amide bonds. The van der Waals surface area contributed by atoms with E-state index in [0.29, 0.717) is 42.1 Å². The lowest BCUT2D eigenvalue weighted by Crippen LogP contribution is -2.59. The number of hydrogen-bond acceptors (Lipinski definition) is 6. The van der Waals surface area contributed by atoms with Gasteiger partial charge in [0.2, 0.25) is 0 Å². The van der Waals surface area contributed by atoms with E-state index in [-0.39, 0.29) is 0 Å². The topological polar surface area (TPSA) is 61.6 Å². The minimum atomic E-state index is -3.28. The summed E-state index contributed by atoms with van der Waals surface area (Å²) in [4.78, 5) is 10.3. The third kappa shape index (κ3) is 6.39. The van der Waals surface area contributed by atoms with Gasteiger partial charge in [0, 0.05) is 45.6 Å². The number of ether oxygens (including phenoxy) is 2. The molecule has 1 aliphatic heterocycles. The van der Waals surface area contributed by atoms with E-state index >= 15 is 0 Å². The Morgan fingerprint density at radius 1 is 0.578 bits per heavy atom. The second-order valence-corrected chi connectivity index (χ2v) is 13.8. The number of hydrogen-bond donors (Lipinski definition) is 0. The zero-order chi connectivity index (χ0) is 31.1. The number of methoxy groups -OCH3 is 2. The summed E-state index contributed by atoms with van der Waals surface area (Å²) in [6, 6.07) is 43.1. The van der Waals surface area contributed by atoms with Crippen LogP contribution in [0.2, 0.25) is 6.04 Å². The Labute approximate surface area is 265 Å². The van der Waals surface area contributed by atoms with Crippen LogP contribution >= 0.6 is 0 Å². The monoisotopic (exact) mass is 612 g/mol. The van der Waals surface area contributed by atoms with E-state index < -0.39 is 8.56 Å². The first kappa shape index (κ1) is 29.9. The van der Waals surface area contributed by atoms with Gasteiger partial charge in [-0.25, -0.2) is 0 Å². The summed E-state index contributed by atoms with van der Waals surface area (Å²) >= 11 is 0. The minimum Gasteiger partial charge on any atom is -0.508 e. The van der Waals surface area contributed by atoms with Gasteiger partial charge in [0.15, 0.2) is 0 Å². The first-order valence-electron chi connectivity index (χ1n) is 15.1. The van der Waals surface area contributed by atoms with Crippen LogP contribution in [0.1, 0.15) is 29.2 Å². The maximum absolute atomic E-state index is 7.27. The SMILES string of the molecule is CC[Si]1(c2ccccc2)Oc2cc(OC)ccc2C(c2ccccc2)=NCCN=C(c2ccccc2)c2ccc(OC)cc2O1. The van der Waals surface area contributed by atoms with Crippen LogP contribution in [-0.4, -0.2) is 47.3 Å². The van der Waals surface area contributed by atoms with Crippen LogP contribution in [0.4, 0.5) is 0 Å². The Hall–Kier alpha value is -5.14. The summed E-state index contributed by atoms with van der Waals surface area (Å²) in [5, 5.41) is 1.00. The second-order valence-electron chi connectivity index (χ2n) is 10.6. The number of benzene rings is 5. The van der Waals surface area contributed by atoms with E-state index in [2.05, 4.69) is 43.3 Å². The van der Waals surface area contributed by atoms with E-state index in [1.165, 1.54) is 0 Å². The van der Waals surface area contributed by atoms with Crippen LogP contribution < -0.4 is 23.5 Å². The molecule has 0 saturated heterocycles. The zero-order valence-corrected chi connectivity index (χ0v) is 26.8. The number of aliphatic imine (C=N–C) groups is 2. The van der Waals surface area contributed by atoms with E-state index in [9.17, 15) is 0 Å². The molecule has 0 atom stereocenters. The van der Waals surface area contributed by atoms with Gasteiger partial charge in [-0.1, -0.05) is 97.9 Å². The summed E-state index contributed by atoms with van der Waals surface area (Å²) < 4.78 is 25.9. The van der Waals surface area contributed by atoms with E-state index in [1.807, 2.05) is 91.0 Å². The molecule has 0 radical (unpaired) electrons. The van der Waals surface area contributed by atoms with Crippen molar-refractivity contribution in [1.29, 1.82) is 0 Å². The normalized spacial score (nSPS) is 16.5. The van der Waals surface area contributed by atoms with Crippen molar-refractivity contribution in [3.63, 3.8) is 0 Å². The molecule has 0 fully saturated rings. The van der Waals surface area contributed by atoms with Crippen molar-refractivity contribution < 1.29 is 18.3 Å². The summed E-state index contributed by atoms with van der Waals surface area (Å²) in [5.41, 5.74) is 5.37. The third-order valence-electron chi connectivity index (χ3n) is 7.85. The number of fused-ring (bicyclic) bond motifs is 2. The van der Waals surface area contributed by atoms with Crippen LogP contribution in [-0.2, 0) is 0 Å². The van der Waals surface area contributed by atoms with Gasteiger partial charge in [-0.2, -0.15) is 0 Å². The third-order valence-corrected chi connectivity index (χ3v) is 11.1. The average Bonchev–Trinajstić information content (AvgIpc) is 3.11. The second kappa shape index (κ2) is 13.7. The molecule has 0 N–H and O–H groups in total. The highest BCUT2D eigenvalue weighted by molar-refractivity contribution is 6.82. The highest BCUT2D eigenvalue weighted by Gasteiger charge is 2.44. The summed E-state index contributed by atoms with van der Waals surface area (Å²) in [5.74, 6) is 2.69. The lowest BCUT2D eigenvalue weighted by atomic mass is 10.0. The van der Waals surface area contributed by atoms with E-state index in [1.54, 1.807) is 14.2 Å². The Bertz CT molecular complexity index is 1700. The summed E-state index contributed by atoms with van der Waals surface area (Å²) in [6.45, 7) is 3.08. The van der Waals surface area contributed by atoms with Crippen molar-refractivity contribution in [1.82, 2.24) is 0 Å². The van der Waals surface area contributed by atoms with Gasteiger partial charge in [-0.05, 0) is 24.3 Å². The number of rotatable bonds is 6. The molecule has 226 valence electrons. The molecule has 5 aromatic rings. The van der Waals surface area contributed by atoms with Crippen molar-refractivity contribution in [2.75, 3.05) is 27.3 Å². The van der Waals surface area contributed by atoms with Crippen LogP contribution in [0, 0.1) is 0 Å². The largest absolute Gasteiger partial charge is 0.508 e. The Morgan fingerprint density at radius 3 is 1.40 bits per heavy atom. The molecule has 7 heteroatoms. The van der Waals surface area contributed by atoms with Gasteiger partial charge in [-0.3, -0.25) is 9.98 Å². The van der Waals surface area contributed by atoms with Gasteiger partial charge in [0.25, 0.3) is 0 Å². The van der Waals surface area contributed by atoms with Crippen molar-refractivity contribution in [2.24, 2.45) is 9.98 Å². The van der Waals surface area contributed by atoms with Crippen LogP contribution in [0.15, 0.2) is 137 Å². The molecule has 0 aromatic heterocycles. The molecule has 6 rings (SSSR count). The van der Waals surface area contributed by atoms with Crippen molar-refractivity contribution >= 4 is 25.2 Å². The lowest BCUT2D eigenvalue weighted by Gasteiger charge is -2.33. The Morgan fingerprint density at radius 2 is 1.00 bits per heavy atom. The van der Waals surface area contributed by atoms with Crippen LogP contribution in [0.3, 0.4) is 0 Å². The van der Waals surface area contributed by atoms with Crippen molar-refractivity contribution in [3.05, 3.63) is 150 Å². The predicted molar refractivity (Wildman–Crippen MR) is 183 cm³/mol. The summed E-state index contributed by atoms with van der Waals surface area (Å²) in [6.07, 6.45) is 0. The first-order chi connectivity index (χ1) is 22.1. The predicted octanol–water partition coefficient (Wildman–Crippen LogP) is 7.22. The molecule has 45 heavy (non-hydrogen) atoms. The molecule has 0 spiro atoms. The summed E-state index contributed by atoms with van der Waals surface area (Å²) in [7, 11) is 0.0455. The van der Waals surface area contributed by atoms with Gasteiger partial charge in [0.05, 0.1) is 38.7 Å². The van der Waals surface area contributed by atoms with Crippen LogP contribution in [0.25, 0.3) is 0 Å². The fourth-order valence-corrected chi connectivity index (χ4v) is 8.26. The maximum Gasteiger partial charge on any atom is 0.495 e. The minimum absolute atomic E-state index is 0.480. The molecular weight excluding hydrogens is 577 g/mol. The Kier molecular flexibility index (Phi) is 9.08. The standard InChI is InChI=1S/C38H36N2O4Si/c1-4-45(32-18-12-7-13-19-32)43-35-26-30(41-2)20-22-33(35)37(28-14-8-5-9-15-28)39-24-25-40-38(29-16-10-6-11-17-29)34-23-21-31(42-3)27-36(34)44-45/h5-23,26-27H,4,24-25H2,1-3H3. The molecule has 0 unspecified atom stereocenters. The molecular formula is C38H36N2O4Si. The molecule has 0 saturated carbocycles. The van der Waals surface area contributed by atoms with Gasteiger partial charge < -0.3 is 18.3 Å². The van der Waals surface area contributed by atoms with Crippen LogP contribution in [0.5, 0.6) is 23.0 Å². The highest BCUT2D eigenvalue weighted by Crippen LogP contribution is 2.35. The first-order valence-corrected chi connectivity index (χ1v) is 17.2. The maximum atomic E-state index is 7.27. The van der Waals surface area contributed by atoms with Crippen molar-refractivity contribution in [2.45, 2.75) is 13.0 Å².